The molecule has 0 aromatic carbocycles. The average molecular weight is 703 g/mol. The van der Waals surface area contributed by atoms with Crippen LogP contribution in [0, 0.1) is 5.92 Å². The second-order valence-electron chi connectivity index (χ2n) is 14.4. The molecule has 6 heteroatoms. The number of esters is 2. The molecular formula is C44H78O6. The fourth-order valence-electron chi connectivity index (χ4n) is 5.72. The number of aliphatic hydroxyl groups excluding tert-OH is 2. The summed E-state index contributed by atoms with van der Waals surface area (Å²) in [4.78, 5) is 24.3. The van der Waals surface area contributed by atoms with E-state index in [0.717, 1.165) is 44.4 Å². The lowest BCUT2D eigenvalue weighted by Crippen LogP contribution is -2.28. The zero-order valence-electron chi connectivity index (χ0n) is 32.7. The van der Waals surface area contributed by atoms with E-state index in [4.69, 9.17) is 9.47 Å². The lowest BCUT2D eigenvalue weighted by molar-refractivity contribution is -0.161. The van der Waals surface area contributed by atoms with Crippen molar-refractivity contribution in [2.45, 2.75) is 200 Å². The van der Waals surface area contributed by atoms with E-state index in [0.29, 0.717) is 19.3 Å². The molecule has 0 saturated heterocycles. The van der Waals surface area contributed by atoms with Crippen LogP contribution < -0.4 is 0 Å². The van der Waals surface area contributed by atoms with E-state index in [9.17, 15) is 19.8 Å². The first-order valence-electron chi connectivity index (χ1n) is 20.7. The largest absolute Gasteiger partial charge is 0.462 e. The predicted molar refractivity (Wildman–Crippen MR) is 211 cm³/mol. The van der Waals surface area contributed by atoms with Crippen LogP contribution in [0.15, 0.2) is 48.6 Å². The molecule has 0 spiro atoms. The van der Waals surface area contributed by atoms with Crippen molar-refractivity contribution in [1.29, 1.82) is 0 Å². The van der Waals surface area contributed by atoms with E-state index in [1.807, 2.05) is 18.2 Å². The molecule has 0 radical (unpaired) electrons. The summed E-state index contributed by atoms with van der Waals surface area (Å²) in [6.45, 7) is 6.30. The van der Waals surface area contributed by atoms with Gasteiger partial charge >= 0.3 is 11.9 Å². The molecule has 0 bridgehead atoms. The van der Waals surface area contributed by atoms with Crippen molar-refractivity contribution in [1.82, 2.24) is 0 Å². The third-order valence-corrected chi connectivity index (χ3v) is 8.91. The zero-order valence-corrected chi connectivity index (χ0v) is 32.7. The molecule has 0 aromatic rings. The Hall–Kier alpha value is -2.18. The highest BCUT2D eigenvalue weighted by Crippen LogP contribution is 2.15. The zero-order chi connectivity index (χ0) is 36.8. The van der Waals surface area contributed by atoms with Gasteiger partial charge in [0.2, 0.25) is 0 Å². The van der Waals surface area contributed by atoms with Gasteiger partial charge in [0, 0.05) is 12.8 Å². The van der Waals surface area contributed by atoms with E-state index in [2.05, 4.69) is 45.1 Å². The molecule has 2 atom stereocenters. The van der Waals surface area contributed by atoms with Crippen LogP contribution in [0.3, 0.4) is 0 Å². The number of rotatable bonds is 36. The van der Waals surface area contributed by atoms with Gasteiger partial charge in [-0.3, -0.25) is 9.59 Å². The molecule has 0 fully saturated rings. The van der Waals surface area contributed by atoms with Crippen molar-refractivity contribution in [3.8, 4) is 0 Å². The van der Waals surface area contributed by atoms with Crippen LogP contribution in [-0.2, 0) is 19.1 Å². The summed E-state index contributed by atoms with van der Waals surface area (Å²) in [6, 6.07) is 0. The predicted octanol–water partition coefficient (Wildman–Crippen LogP) is 11.8. The first-order chi connectivity index (χ1) is 24.4. The first-order valence-corrected chi connectivity index (χ1v) is 20.7. The van der Waals surface area contributed by atoms with Crippen LogP contribution in [0.25, 0.3) is 0 Å². The van der Waals surface area contributed by atoms with Crippen molar-refractivity contribution in [3.63, 3.8) is 0 Å². The summed E-state index contributed by atoms with van der Waals surface area (Å²) in [5.74, 6) is 0.0557. The van der Waals surface area contributed by atoms with Crippen molar-refractivity contribution in [2.24, 2.45) is 5.92 Å². The molecule has 6 nitrogen and oxygen atoms in total. The van der Waals surface area contributed by atoms with Gasteiger partial charge in [0.25, 0.3) is 0 Å². The quantitative estimate of drug-likeness (QED) is 0.0292. The molecule has 0 rings (SSSR count). The van der Waals surface area contributed by atoms with Crippen LogP contribution in [0.2, 0.25) is 0 Å². The summed E-state index contributed by atoms with van der Waals surface area (Å²) < 4.78 is 10.5. The molecule has 290 valence electrons. The van der Waals surface area contributed by atoms with Crippen molar-refractivity contribution < 1.29 is 29.3 Å². The number of unbranched alkanes of at least 4 members (excludes halogenated alkanes) is 17. The standard InChI is InChI=1S/C44H78O6/c1-4-5-6-7-8-9-10-14-18-21-24-27-30-34-41(46)35-32-37-43(47)49-39-42(38-45)50-44(48)36-31-28-25-22-19-16-13-11-12-15-17-20-23-26-29-33-40(2)3/h8-9,14,18,24,27,30,34,40-42,45-46H,4-7,10-13,15-17,19-23,25-26,28-29,31-33,35-39H2,1-3H3/b9-8-,18-14-,27-24-,34-30+/t41-,42+/m1/s1. The molecule has 0 saturated carbocycles. The van der Waals surface area contributed by atoms with Crippen LogP contribution >= 0.6 is 0 Å². The fourth-order valence-corrected chi connectivity index (χ4v) is 5.72. The molecular weight excluding hydrogens is 624 g/mol. The molecule has 0 amide bonds. The highest BCUT2D eigenvalue weighted by molar-refractivity contribution is 5.70. The highest BCUT2D eigenvalue weighted by atomic mass is 16.6. The van der Waals surface area contributed by atoms with Gasteiger partial charge in [0.05, 0.1) is 12.7 Å². The molecule has 50 heavy (non-hydrogen) atoms. The number of allylic oxidation sites excluding steroid dienone is 7. The Morgan fingerprint density at radius 3 is 1.72 bits per heavy atom. The highest BCUT2D eigenvalue weighted by Gasteiger charge is 2.16. The summed E-state index contributed by atoms with van der Waals surface area (Å²) in [6.07, 6.45) is 43.5. The lowest BCUT2D eigenvalue weighted by Gasteiger charge is -2.16. The second-order valence-corrected chi connectivity index (χ2v) is 14.4. The normalized spacial score (nSPS) is 13.4. The Morgan fingerprint density at radius 2 is 1.14 bits per heavy atom. The second kappa shape index (κ2) is 38.1. The number of hydrogen-bond donors (Lipinski definition) is 2. The summed E-state index contributed by atoms with van der Waals surface area (Å²) >= 11 is 0. The van der Waals surface area contributed by atoms with E-state index >= 15 is 0 Å². The number of ether oxygens (including phenoxy) is 2. The maximum absolute atomic E-state index is 12.2. The van der Waals surface area contributed by atoms with E-state index < -0.39 is 18.2 Å². The van der Waals surface area contributed by atoms with Crippen LogP contribution in [-0.4, -0.2) is 47.6 Å². The van der Waals surface area contributed by atoms with Gasteiger partial charge in [-0.1, -0.05) is 179 Å². The lowest BCUT2D eigenvalue weighted by atomic mass is 10.0. The van der Waals surface area contributed by atoms with Gasteiger partial charge in [-0.05, 0) is 50.9 Å². The molecule has 0 unspecified atom stereocenters. The van der Waals surface area contributed by atoms with Crippen LogP contribution in [0.1, 0.15) is 188 Å². The average Bonchev–Trinajstić information content (AvgIpc) is 3.09. The van der Waals surface area contributed by atoms with E-state index in [-0.39, 0.29) is 25.6 Å². The van der Waals surface area contributed by atoms with Crippen LogP contribution in [0.4, 0.5) is 0 Å². The maximum atomic E-state index is 12.2. The molecule has 0 aliphatic heterocycles. The number of carbonyl (C=O) groups excluding carboxylic acids is 2. The Bertz CT molecular complexity index is 874. The maximum Gasteiger partial charge on any atom is 0.306 e. The van der Waals surface area contributed by atoms with Crippen molar-refractivity contribution in [3.05, 3.63) is 48.6 Å². The molecule has 2 N–H and O–H groups in total. The first kappa shape index (κ1) is 47.8. The fraction of sp³-hybridized carbons (Fsp3) is 0.773. The third-order valence-electron chi connectivity index (χ3n) is 8.91. The minimum atomic E-state index is -0.844. The molecule has 0 heterocycles. The smallest absolute Gasteiger partial charge is 0.306 e. The third kappa shape index (κ3) is 37.1. The molecule has 0 aliphatic carbocycles. The van der Waals surface area contributed by atoms with Gasteiger partial charge in [0.15, 0.2) is 6.10 Å². The van der Waals surface area contributed by atoms with E-state index in [1.54, 1.807) is 6.08 Å². The van der Waals surface area contributed by atoms with Gasteiger partial charge < -0.3 is 19.7 Å². The summed E-state index contributed by atoms with van der Waals surface area (Å²) in [7, 11) is 0. The number of hydrogen-bond acceptors (Lipinski definition) is 6. The Morgan fingerprint density at radius 1 is 0.600 bits per heavy atom. The number of carbonyl (C=O) groups is 2. The Kier molecular flexibility index (Phi) is 36.4. The minimum absolute atomic E-state index is 0.156. The summed E-state index contributed by atoms with van der Waals surface area (Å²) in [5.41, 5.74) is 0. The van der Waals surface area contributed by atoms with Gasteiger partial charge in [-0.15, -0.1) is 0 Å². The van der Waals surface area contributed by atoms with E-state index in [1.165, 1.54) is 103 Å². The molecule has 0 aromatic heterocycles. The van der Waals surface area contributed by atoms with Gasteiger partial charge in [-0.25, -0.2) is 0 Å². The van der Waals surface area contributed by atoms with Gasteiger partial charge in [-0.2, -0.15) is 0 Å². The Labute approximate surface area is 308 Å². The summed E-state index contributed by atoms with van der Waals surface area (Å²) in [5, 5.41) is 19.7. The number of aliphatic hydroxyl groups is 2. The van der Waals surface area contributed by atoms with Crippen molar-refractivity contribution in [2.75, 3.05) is 13.2 Å². The van der Waals surface area contributed by atoms with Crippen molar-refractivity contribution >= 4 is 11.9 Å². The van der Waals surface area contributed by atoms with Gasteiger partial charge in [0.1, 0.15) is 6.61 Å². The topological polar surface area (TPSA) is 93.1 Å². The SMILES string of the molecule is CCCCC/C=C\C/C=C\C/C=C\C=C\[C@@H](O)CCCC(=O)OC[C@H](CO)OC(=O)CCCCCCCCCCCCCCCCCC(C)C. The van der Waals surface area contributed by atoms with Crippen LogP contribution in [0.5, 0.6) is 0 Å². The Balaban J connectivity index is 3.72. The minimum Gasteiger partial charge on any atom is -0.462 e. The molecule has 0 aliphatic rings. The monoisotopic (exact) mass is 703 g/mol.